The number of nitrogens with zero attached hydrogens (tertiary/aromatic N) is 2. The Morgan fingerprint density at radius 2 is 1.56 bits per heavy atom. The van der Waals surface area contributed by atoms with Crippen molar-refractivity contribution in [2.75, 3.05) is 7.05 Å². The van der Waals surface area contributed by atoms with Crippen LogP contribution >= 0.6 is 0 Å². The van der Waals surface area contributed by atoms with Gasteiger partial charge in [0.1, 0.15) is 0 Å². The fourth-order valence-electron chi connectivity index (χ4n) is 1.88. The third-order valence-electron chi connectivity index (χ3n) is 1.88. The summed E-state index contributed by atoms with van der Waals surface area (Å²) in [5.74, 6) is 0.574. The summed E-state index contributed by atoms with van der Waals surface area (Å²) >= 11 is 0. The largest absolute Gasteiger partial charge is 0.370 e. The van der Waals surface area contributed by atoms with Crippen LogP contribution in [-0.4, -0.2) is 24.5 Å². The Labute approximate surface area is 98.4 Å². The van der Waals surface area contributed by atoms with Crippen molar-refractivity contribution in [1.82, 2.24) is 5.32 Å². The van der Waals surface area contributed by atoms with Crippen LogP contribution in [0, 0.1) is 5.41 Å². The molecule has 0 amide bonds. The van der Waals surface area contributed by atoms with Gasteiger partial charge >= 0.3 is 0 Å². The molecule has 94 valence electrons. The molecule has 0 atom stereocenters. The summed E-state index contributed by atoms with van der Waals surface area (Å²) in [6, 6.07) is 0. The van der Waals surface area contributed by atoms with E-state index >= 15 is 0 Å². The normalized spacial score (nSPS) is 15.1. The summed E-state index contributed by atoms with van der Waals surface area (Å²) < 4.78 is 0. The van der Waals surface area contributed by atoms with Crippen molar-refractivity contribution in [3.63, 3.8) is 0 Å². The Bertz CT molecular complexity index is 283. The Balaban J connectivity index is 4.60. The molecule has 0 saturated heterocycles. The lowest BCUT2D eigenvalue weighted by atomic mass is 9.82. The molecule has 0 unspecified atom stereocenters. The summed E-state index contributed by atoms with van der Waals surface area (Å²) in [5.41, 5.74) is 11.2. The van der Waals surface area contributed by atoms with Crippen LogP contribution in [0.3, 0.4) is 0 Å². The number of rotatable bonds is 2. The van der Waals surface area contributed by atoms with Crippen LogP contribution in [0.15, 0.2) is 9.98 Å². The van der Waals surface area contributed by atoms with Crippen LogP contribution < -0.4 is 16.8 Å². The van der Waals surface area contributed by atoms with E-state index < -0.39 is 0 Å². The molecule has 0 aromatic heterocycles. The molecule has 0 aliphatic heterocycles. The van der Waals surface area contributed by atoms with Gasteiger partial charge in [0.2, 0.25) is 0 Å². The van der Waals surface area contributed by atoms with Gasteiger partial charge in [-0.3, -0.25) is 10.3 Å². The van der Waals surface area contributed by atoms with E-state index in [9.17, 15) is 0 Å². The molecule has 0 saturated carbocycles. The number of nitrogens with one attached hydrogen (secondary N) is 1. The van der Waals surface area contributed by atoms with E-state index in [4.69, 9.17) is 11.5 Å². The first-order valence-corrected chi connectivity index (χ1v) is 5.40. The van der Waals surface area contributed by atoms with E-state index in [-0.39, 0.29) is 16.9 Å². The molecule has 0 rings (SSSR count). The van der Waals surface area contributed by atoms with Crippen LogP contribution in [-0.2, 0) is 0 Å². The summed E-state index contributed by atoms with van der Waals surface area (Å²) in [6.07, 6.45) is 0.936. The lowest BCUT2D eigenvalue weighted by molar-refractivity contribution is 0.288. The Morgan fingerprint density at radius 1 is 1.06 bits per heavy atom. The number of hydrogen-bond acceptors (Lipinski definition) is 2. The fraction of sp³-hybridized carbons (Fsp3) is 0.818. The second kappa shape index (κ2) is 5.18. The molecular formula is C11H25N5. The van der Waals surface area contributed by atoms with Crippen molar-refractivity contribution < 1.29 is 0 Å². The first-order chi connectivity index (χ1) is 7.06. The van der Waals surface area contributed by atoms with Crippen LogP contribution in [0.1, 0.15) is 41.0 Å². The van der Waals surface area contributed by atoms with Gasteiger partial charge in [-0.2, -0.15) is 0 Å². The molecule has 0 bridgehead atoms. The van der Waals surface area contributed by atoms with E-state index in [2.05, 4.69) is 36.1 Å². The smallest absolute Gasteiger partial charge is 0.195 e. The minimum absolute atomic E-state index is 0.206. The van der Waals surface area contributed by atoms with E-state index in [1.165, 1.54) is 0 Å². The number of nitrogens with two attached hydrogens (primary N) is 2. The van der Waals surface area contributed by atoms with Gasteiger partial charge in [0.05, 0.1) is 5.54 Å². The molecule has 0 aromatic rings. The lowest BCUT2D eigenvalue weighted by Gasteiger charge is -2.29. The highest BCUT2D eigenvalue weighted by Crippen LogP contribution is 2.29. The van der Waals surface area contributed by atoms with Crippen LogP contribution in [0.2, 0.25) is 0 Å². The molecule has 5 nitrogen and oxygen atoms in total. The average Bonchev–Trinajstić information content (AvgIpc) is 1.97. The SMILES string of the molecule is CN=C(N)NC(N)=NC(C)(C)CC(C)(C)C. The Kier molecular flexibility index (Phi) is 4.78. The maximum atomic E-state index is 5.73. The number of hydrogen-bond donors (Lipinski definition) is 3. The molecule has 0 spiro atoms. The first-order valence-electron chi connectivity index (χ1n) is 5.40. The summed E-state index contributed by atoms with van der Waals surface area (Å²) in [4.78, 5) is 8.16. The van der Waals surface area contributed by atoms with Crippen molar-refractivity contribution >= 4 is 11.9 Å². The lowest BCUT2D eigenvalue weighted by Crippen LogP contribution is -2.43. The second-order valence-electron chi connectivity index (χ2n) is 5.78. The number of guanidine groups is 2. The maximum absolute atomic E-state index is 5.73. The van der Waals surface area contributed by atoms with E-state index in [1.807, 2.05) is 13.8 Å². The fourth-order valence-corrected chi connectivity index (χ4v) is 1.88. The van der Waals surface area contributed by atoms with Crippen molar-refractivity contribution in [1.29, 1.82) is 0 Å². The van der Waals surface area contributed by atoms with Gasteiger partial charge in [0.15, 0.2) is 11.9 Å². The molecule has 0 radical (unpaired) electrons. The number of aliphatic imine (C=N–C) groups is 2. The topological polar surface area (TPSA) is 88.8 Å². The van der Waals surface area contributed by atoms with Crippen LogP contribution in [0.5, 0.6) is 0 Å². The van der Waals surface area contributed by atoms with Crippen LogP contribution in [0.4, 0.5) is 0 Å². The minimum Gasteiger partial charge on any atom is -0.370 e. The molecule has 5 heteroatoms. The van der Waals surface area contributed by atoms with Gasteiger partial charge in [-0.05, 0) is 25.7 Å². The van der Waals surface area contributed by atoms with E-state index in [0.717, 1.165) is 6.42 Å². The van der Waals surface area contributed by atoms with Gasteiger partial charge in [-0.1, -0.05) is 20.8 Å². The predicted molar refractivity (Wildman–Crippen MR) is 70.5 cm³/mol. The molecule has 0 aromatic carbocycles. The maximum Gasteiger partial charge on any atom is 0.195 e. The second-order valence-corrected chi connectivity index (χ2v) is 5.78. The monoisotopic (exact) mass is 227 g/mol. The molecule has 5 N–H and O–H groups in total. The average molecular weight is 227 g/mol. The van der Waals surface area contributed by atoms with Gasteiger partial charge in [0.25, 0.3) is 0 Å². The molecule has 16 heavy (non-hydrogen) atoms. The van der Waals surface area contributed by atoms with Crippen molar-refractivity contribution in [2.45, 2.75) is 46.6 Å². The zero-order valence-corrected chi connectivity index (χ0v) is 11.3. The molecule has 0 aliphatic carbocycles. The van der Waals surface area contributed by atoms with Crippen LogP contribution in [0.25, 0.3) is 0 Å². The zero-order valence-electron chi connectivity index (χ0n) is 11.3. The highest BCUT2D eigenvalue weighted by atomic mass is 15.2. The van der Waals surface area contributed by atoms with Gasteiger partial charge in [-0.15, -0.1) is 0 Å². The van der Waals surface area contributed by atoms with Crippen molar-refractivity contribution in [3.8, 4) is 0 Å². The van der Waals surface area contributed by atoms with Crippen molar-refractivity contribution in [2.24, 2.45) is 26.9 Å². The van der Waals surface area contributed by atoms with Crippen molar-refractivity contribution in [3.05, 3.63) is 0 Å². The Hall–Kier alpha value is -1.26. The zero-order chi connectivity index (χ0) is 13.0. The minimum atomic E-state index is -0.219. The first kappa shape index (κ1) is 14.7. The highest BCUT2D eigenvalue weighted by Gasteiger charge is 2.25. The standard InChI is InChI=1S/C11H25N5/c1-10(2,3)7-11(4,5)16-9(13)15-8(12)14-6/h7H2,1-6H3,(H5,12,13,14,15,16). The molecular weight excluding hydrogens is 202 g/mol. The molecule has 0 fully saturated rings. The third kappa shape index (κ3) is 7.09. The Morgan fingerprint density at radius 3 is 1.94 bits per heavy atom. The third-order valence-corrected chi connectivity index (χ3v) is 1.88. The summed E-state index contributed by atoms with van der Waals surface area (Å²) in [6.45, 7) is 10.6. The van der Waals surface area contributed by atoms with Gasteiger partial charge < -0.3 is 11.5 Å². The van der Waals surface area contributed by atoms with Gasteiger partial charge in [-0.25, -0.2) is 4.99 Å². The summed E-state index contributed by atoms with van der Waals surface area (Å²) in [5, 5.41) is 2.73. The van der Waals surface area contributed by atoms with Gasteiger partial charge in [0, 0.05) is 7.05 Å². The molecule has 0 heterocycles. The van der Waals surface area contributed by atoms with E-state index in [0.29, 0.717) is 5.96 Å². The predicted octanol–water partition coefficient (Wildman–Crippen LogP) is 1.05. The van der Waals surface area contributed by atoms with E-state index in [1.54, 1.807) is 7.05 Å². The molecule has 0 aliphatic rings. The highest BCUT2D eigenvalue weighted by molar-refractivity contribution is 5.97. The summed E-state index contributed by atoms with van der Waals surface area (Å²) in [7, 11) is 1.59. The quantitative estimate of drug-likeness (QED) is 0.486.